The van der Waals surface area contributed by atoms with E-state index in [0.29, 0.717) is 26.4 Å². The second kappa shape index (κ2) is 7.04. The highest BCUT2D eigenvalue weighted by molar-refractivity contribution is 5.97. The minimum atomic E-state index is -0.337. The molecule has 0 aromatic carbocycles. The molecule has 2 atom stereocenters. The first-order valence-corrected chi connectivity index (χ1v) is 7.34. The van der Waals surface area contributed by atoms with Gasteiger partial charge in [-0.1, -0.05) is 0 Å². The summed E-state index contributed by atoms with van der Waals surface area (Å²) in [7, 11) is 1.64. The van der Waals surface area contributed by atoms with Crippen molar-refractivity contribution in [3.8, 4) is 0 Å². The Labute approximate surface area is 120 Å². The van der Waals surface area contributed by atoms with Crippen molar-refractivity contribution in [1.82, 2.24) is 9.80 Å². The molecule has 0 saturated carbocycles. The minimum absolute atomic E-state index is 0.0902. The van der Waals surface area contributed by atoms with Crippen LogP contribution < -0.4 is 0 Å². The Hall–Kier alpha value is -1.14. The van der Waals surface area contributed by atoms with Crippen molar-refractivity contribution in [2.75, 3.05) is 40.0 Å². The molecule has 2 heterocycles. The zero-order valence-corrected chi connectivity index (χ0v) is 12.3. The smallest absolute Gasteiger partial charge is 0.246 e. The van der Waals surface area contributed by atoms with E-state index >= 15 is 0 Å². The lowest BCUT2D eigenvalue weighted by molar-refractivity contribution is -0.158. The largest absolute Gasteiger partial charge is 0.382 e. The number of carbonyl (C=O) groups is 2. The molecule has 0 bridgehead atoms. The Bertz CT molecular complexity index is 361. The van der Waals surface area contributed by atoms with E-state index in [2.05, 4.69) is 0 Å². The number of piperazine rings is 1. The summed E-state index contributed by atoms with van der Waals surface area (Å²) in [6, 6.07) is -0.552. The molecule has 2 aliphatic heterocycles. The molecule has 0 spiro atoms. The lowest BCUT2D eigenvalue weighted by Gasteiger charge is -2.41. The molecule has 114 valence electrons. The van der Waals surface area contributed by atoms with Crippen LogP contribution in [0.1, 0.15) is 26.2 Å². The SMILES string of the molecule is COCCOCCCN1C(=O)C2CCCN2C(=O)C1C. The number of fused-ring (bicyclic) bond motifs is 1. The van der Waals surface area contributed by atoms with E-state index < -0.39 is 0 Å². The van der Waals surface area contributed by atoms with E-state index in [1.165, 1.54) is 0 Å². The Balaban J connectivity index is 1.81. The monoisotopic (exact) mass is 284 g/mol. The van der Waals surface area contributed by atoms with Gasteiger partial charge >= 0.3 is 0 Å². The molecule has 0 radical (unpaired) electrons. The van der Waals surface area contributed by atoms with Crippen LogP contribution in [0.3, 0.4) is 0 Å². The van der Waals surface area contributed by atoms with E-state index in [4.69, 9.17) is 9.47 Å². The summed E-state index contributed by atoms with van der Waals surface area (Å²) in [4.78, 5) is 28.1. The number of ether oxygens (including phenoxy) is 2. The van der Waals surface area contributed by atoms with Crippen LogP contribution in [-0.2, 0) is 19.1 Å². The maximum absolute atomic E-state index is 12.4. The summed E-state index contributed by atoms with van der Waals surface area (Å²) < 4.78 is 10.3. The second-order valence-corrected chi connectivity index (χ2v) is 5.36. The molecule has 0 aromatic heterocycles. The van der Waals surface area contributed by atoms with Crippen molar-refractivity contribution in [2.45, 2.75) is 38.3 Å². The zero-order valence-electron chi connectivity index (χ0n) is 12.3. The Morgan fingerprint density at radius 2 is 2.00 bits per heavy atom. The van der Waals surface area contributed by atoms with Gasteiger partial charge in [0.25, 0.3) is 0 Å². The van der Waals surface area contributed by atoms with Crippen LogP contribution in [0.4, 0.5) is 0 Å². The number of rotatable bonds is 7. The van der Waals surface area contributed by atoms with Gasteiger partial charge in [0.15, 0.2) is 0 Å². The number of methoxy groups -OCH3 is 1. The molecule has 2 rings (SSSR count). The van der Waals surface area contributed by atoms with Crippen LogP contribution in [0.5, 0.6) is 0 Å². The molecule has 2 amide bonds. The van der Waals surface area contributed by atoms with Crippen molar-refractivity contribution in [2.24, 2.45) is 0 Å². The fraction of sp³-hybridized carbons (Fsp3) is 0.857. The van der Waals surface area contributed by atoms with Crippen molar-refractivity contribution in [3.05, 3.63) is 0 Å². The zero-order chi connectivity index (χ0) is 14.5. The Kier molecular flexibility index (Phi) is 5.37. The van der Waals surface area contributed by atoms with Crippen molar-refractivity contribution >= 4 is 11.8 Å². The van der Waals surface area contributed by atoms with E-state index in [1.807, 2.05) is 6.92 Å². The predicted molar refractivity (Wildman–Crippen MR) is 73.2 cm³/mol. The number of carbonyl (C=O) groups excluding carboxylic acids is 2. The van der Waals surface area contributed by atoms with Gasteiger partial charge in [-0.15, -0.1) is 0 Å². The standard InChI is InChI=1S/C14H24N2O4/c1-11-13(17)16-6-3-5-12(16)14(18)15(11)7-4-8-20-10-9-19-2/h11-12H,3-10H2,1-2H3. The molecular formula is C14H24N2O4. The van der Waals surface area contributed by atoms with Gasteiger partial charge in [0.2, 0.25) is 11.8 Å². The summed E-state index contributed by atoms with van der Waals surface area (Å²) in [6.45, 7) is 4.86. The molecule has 2 aliphatic rings. The molecule has 2 saturated heterocycles. The van der Waals surface area contributed by atoms with E-state index in [1.54, 1.807) is 16.9 Å². The molecule has 2 fully saturated rings. The van der Waals surface area contributed by atoms with Gasteiger partial charge in [0, 0.05) is 26.8 Å². The Morgan fingerprint density at radius 3 is 2.75 bits per heavy atom. The van der Waals surface area contributed by atoms with Gasteiger partial charge in [-0.05, 0) is 26.2 Å². The number of hydrogen-bond acceptors (Lipinski definition) is 4. The Morgan fingerprint density at radius 1 is 1.20 bits per heavy atom. The molecule has 2 unspecified atom stereocenters. The first kappa shape index (κ1) is 15.3. The average molecular weight is 284 g/mol. The van der Waals surface area contributed by atoms with E-state index in [-0.39, 0.29) is 23.9 Å². The first-order chi connectivity index (χ1) is 9.66. The molecule has 20 heavy (non-hydrogen) atoms. The third-order valence-corrected chi connectivity index (χ3v) is 4.05. The van der Waals surface area contributed by atoms with Gasteiger partial charge in [0.1, 0.15) is 12.1 Å². The summed E-state index contributed by atoms with van der Waals surface area (Å²) in [5.41, 5.74) is 0. The highest BCUT2D eigenvalue weighted by Gasteiger charge is 2.45. The second-order valence-electron chi connectivity index (χ2n) is 5.36. The number of amides is 2. The van der Waals surface area contributed by atoms with Gasteiger partial charge in [0.05, 0.1) is 13.2 Å². The first-order valence-electron chi connectivity index (χ1n) is 7.34. The minimum Gasteiger partial charge on any atom is -0.382 e. The van der Waals surface area contributed by atoms with Crippen LogP contribution >= 0.6 is 0 Å². The summed E-state index contributed by atoms with van der Waals surface area (Å²) in [6.07, 6.45) is 2.49. The number of hydrogen-bond donors (Lipinski definition) is 0. The molecule has 0 N–H and O–H groups in total. The van der Waals surface area contributed by atoms with Gasteiger partial charge < -0.3 is 19.3 Å². The fourth-order valence-electron chi connectivity index (χ4n) is 2.93. The lowest BCUT2D eigenvalue weighted by Crippen LogP contribution is -2.61. The van der Waals surface area contributed by atoms with E-state index in [0.717, 1.165) is 25.8 Å². The summed E-state index contributed by atoms with van der Waals surface area (Å²) >= 11 is 0. The average Bonchev–Trinajstić information content (AvgIpc) is 2.93. The van der Waals surface area contributed by atoms with E-state index in [9.17, 15) is 9.59 Å². The van der Waals surface area contributed by atoms with Crippen molar-refractivity contribution in [1.29, 1.82) is 0 Å². The molecular weight excluding hydrogens is 260 g/mol. The fourth-order valence-corrected chi connectivity index (χ4v) is 2.93. The number of nitrogens with zero attached hydrogens (tertiary/aromatic N) is 2. The molecule has 6 heteroatoms. The normalized spacial score (nSPS) is 26.3. The predicted octanol–water partition coefficient (Wildman–Crippen LogP) is 0.261. The van der Waals surface area contributed by atoms with Crippen LogP contribution in [0.15, 0.2) is 0 Å². The van der Waals surface area contributed by atoms with Gasteiger partial charge in [-0.2, -0.15) is 0 Å². The third kappa shape index (κ3) is 3.12. The van der Waals surface area contributed by atoms with Crippen LogP contribution in [0.25, 0.3) is 0 Å². The van der Waals surface area contributed by atoms with Crippen LogP contribution in [0.2, 0.25) is 0 Å². The molecule has 0 aromatic rings. The van der Waals surface area contributed by atoms with Crippen molar-refractivity contribution < 1.29 is 19.1 Å². The topological polar surface area (TPSA) is 59.1 Å². The van der Waals surface area contributed by atoms with Gasteiger partial charge in [-0.3, -0.25) is 9.59 Å². The summed E-state index contributed by atoms with van der Waals surface area (Å²) in [5, 5.41) is 0. The van der Waals surface area contributed by atoms with Crippen molar-refractivity contribution in [3.63, 3.8) is 0 Å². The van der Waals surface area contributed by atoms with Crippen LogP contribution in [-0.4, -0.2) is 73.7 Å². The maximum Gasteiger partial charge on any atom is 0.246 e. The quantitative estimate of drug-likeness (QED) is 0.629. The highest BCUT2D eigenvalue weighted by Crippen LogP contribution is 2.26. The molecule has 0 aliphatic carbocycles. The summed E-state index contributed by atoms with van der Waals surface area (Å²) in [5.74, 6) is 0.193. The maximum atomic E-state index is 12.4. The van der Waals surface area contributed by atoms with Gasteiger partial charge in [-0.25, -0.2) is 0 Å². The highest BCUT2D eigenvalue weighted by atomic mass is 16.5. The van der Waals surface area contributed by atoms with Crippen LogP contribution in [0, 0.1) is 0 Å². The third-order valence-electron chi connectivity index (χ3n) is 4.05. The molecule has 6 nitrogen and oxygen atoms in total. The lowest BCUT2D eigenvalue weighted by atomic mass is 10.1.